The fourth-order valence-corrected chi connectivity index (χ4v) is 3.92. The molecule has 7 heteroatoms. The number of carbonyl (C=O) groups is 1. The molecule has 0 aliphatic carbocycles. The fourth-order valence-electron chi connectivity index (χ4n) is 3.92. The second kappa shape index (κ2) is 7.33. The molecule has 0 bridgehead atoms. The largest absolute Gasteiger partial charge is 0.497 e. The molecule has 0 saturated carbocycles. The molecule has 1 amide bonds. The lowest BCUT2D eigenvalue weighted by Crippen LogP contribution is -2.33. The zero-order valence-electron chi connectivity index (χ0n) is 17.0. The summed E-state index contributed by atoms with van der Waals surface area (Å²) < 4.78 is 10.9. The fraction of sp³-hybridized carbons (Fsp3) is 0.261. The molecule has 5 rings (SSSR count). The number of aromatic nitrogens is 2. The summed E-state index contributed by atoms with van der Waals surface area (Å²) in [5, 5.41) is 0.918. The summed E-state index contributed by atoms with van der Waals surface area (Å²) in [4.78, 5) is 26.8. The molecular weight excluding hydrogens is 380 g/mol. The molecule has 30 heavy (non-hydrogen) atoms. The summed E-state index contributed by atoms with van der Waals surface area (Å²) in [5.74, 6) is 2.06. The lowest BCUT2D eigenvalue weighted by atomic mass is 10.1. The van der Waals surface area contributed by atoms with E-state index >= 15 is 0 Å². The minimum atomic E-state index is -0.0188. The van der Waals surface area contributed by atoms with Crippen molar-refractivity contribution in [3.63, 3.8) is 0 Å². The van der Waals surface area contributed by atoms with Gasteiger partial charge in [0, 0.05) is 37.2 Å². The van der Waals surface area contributed by atoms with Crippen LogP contribution in [0.25, 0.3) is 22.0 Å². The van der Waals surface area contributed by atoms with Crippen molar-refractivity contribution in [2.75, 3.05) is 37.0 Å². The molecule has 0 saturated heterocycles. The van der Waals surface area contributed by atoms with Crippen LogP contribution in [0.4, 0.5) is 11.6 Å². The van der Waals surface area contributed by atoms with E-state index in [0.29, 0.717) is 17.9 Å². The Hall–Kier alpha value is -3.61. The highest BCUT2D eigenvalue weighted by Gasteiger charge is 2.27. The van der Waals surface area contributed by atoms with Crippen LogP contribution in [-0.4, -0.2) is 43.1 Å². The van der Waals surface area contributed by atoms with Crippen LogP contribution in [0.15, 0.2) is 53.1 Å². The number of rotatable bonds is 3. The van der Waals surface area contributed by atoms with Gasteiger partial charge in [-0.1, -0.05) is 12.1 Å². The van der Waals surface area contributed by atoms with E-state index in [2.05, 4.69) is 4.90 Å². The van der Waals surface area contributed by atoms with E-state index in [4.69, 9.17) is 19.1 Å². The molecule has 2 aromatic carbocycles. The highest BCUT2D eigenvalue weighted by atomic mass is 16.5. The third-order valence-corrected chi connectivity index (χ3v) is 5.53. The van der Waals surface area contributed by atoms with Gasteiger partial charge in [0.05, 0.1) is 30.8 Å². The smallest absolute Gasteiger partial charge is 0.232 e. The van der Waals surface area contributed by atoms with Crippen molar-refractivity contribution in [3.05, 3.63) is 54.3 Å². The molecule has 0 N–H and O–H groups in total. The number of carbonyl (C=O) groups excluding carboxylic acids is 1. The van der Waals surface area contributed by atoms with Crippen molar-refractivity contribution < 1.29 is 13.9 Å². The molecule has 0 radical (unpaired) electrons. The van der Waals surface area contributed by atoms with Gasteiger partial charge in [-0.15, -0.1) is 0 Å². The molecule has 0 fully saturated rings. The van der Waals surface area contributed by atoms with Crippen LogP contribution in [0.5, 0.6) is 5.75 Å². The Morgan fingerprint density at radius 2 is 1.87 bits per heavy atom. The molecule has 2 aromatic heterocycles. The van der Waals surface area contributed by atoms with Gasteiger partial charge in [0.15, 0.2) is 11.6 Å². The van der Waals surface area contributed by atoms with E-state index in [0.717, 1.165) is 46.5 Å². The molecule has 1 aliphatic rings. The molecule has 3 heterocycles. The Morgan fingerprint density at radius 1 is 1.10 bits per heavy atom. The highest BCUT2D eigenvalue weighted by Crippen LogP contribution is 2.31. The van der Waals surface area contributed by atoms with Crippen LogP contribution in [0.1, 0.15) is 12.0 Å². The molecule has 0 spiro atoms. The van der Waals surface area contributed by atoms with E-state index in [9.17, 15) is 4.79 Å². The zero-order valence-corrected chi connectivity index (χ0v) is 17.0. The minimum Gasteiger partial charge on any atom is -0.497 e. The van der Waals surface area contributed by atoms with Gasteiger partial charge >= 0.3 is 0 Å². The van der Waals surface area contributed by atoms with Crippen molar-refractivity contribution >= 4 is 39.5 Å². The van der Waals surface area contributed by atoms with Crippen LogP contribution >= 0.6 is 0 Å². The van der Waals surface area contributed by atoms with Crippen LogP contribution < -0.4 is 14.5 Å². The molecule has 4 aromatic rings. The number of furan rings is 1. The summed E-state index contributed by atoms with van der Waals surface area (Å²) in [6.45, 7) is 1.42. The van der Waals surface area contributed by atoms with Gasteiger partial charge in [0.2, 0.25) is 5.91 Å². The lowest BCUT2D eigenvalue weighted by Gasteiger charge is -2.22. The first-order valence-corrected chi connectivity index (χ1v) is 9.96. The molecule has 7 nitrogen and oxygen atoms in total. The second-order valence-electron chi connectivity index (χ2n) is 7.48. The van der Waals surface area contributed by atoms with Crippen molar-refractivity contribution in [2.24, 2.45) is 0 Å². The second-order valence-corrected chi connectivity index (χ2v) is 7.48. The highest BCUT2D eigenvalue weighted by molar-refractivity contribution is 5.99. The van der Waals surface area contributed by atoms with E-state index in [1.807, 2.05) is 49.5 Å². The zero-order chi connectivity index (χ0) is 20.7. The Morgan fingerprint density at radius 3 is 2.63 bits per heavy atom. The van der Waals surface area contributed by atoms with Crippen LogP contribution in [-0.2, 0) is 11.2 Å². The Balaban J connectivity index is 1.51. The maximum Gasteiger partial charge on any atom is 0.232 e. The average Bonchev–Trinajstić information content (AvgIpc) is 3.09. The van der Waals surface area contributed by atoms with Crippen molar-refractivity contribution in [3.8, 4) is 5.75 Å². The van der Waals surface area contributed by atoms with Crippen molar-refractivity contribution in [1.82, 2.24) is 9.97 Å². The number of ether oxygens (including phenoxy) is 1. The third kappa shape index (κ3) is 3.12. The quantitative estimate of drug-likeness (QED) is 0.519. The van der Waals surface area contributed by atoms with Gasteiger partial charge in [-0.05, 0) is 30.7 Å². The number of hydrogen-bond acceptors (Lipinski definition) is 6. The van der Waals surface area contributed by atoms with Crippen LogP contribution in [0.3, 0.4) is 0 Å². The number of hydrogen-bond donors (Lipinski definition) is 0. The normalized spacial score (nSPS) is 14.1. The number of anilines is 2. The maximum absolute atomic E-state index is 13.4. The van der Waals surface area contributed by atoms with E-state index in [-0.39, 0.29) is 12.3 Å². The summed E-state index contributed by atoms with van der Waals surface area (Å²) >= 11 is 0. The first kappa shape index (κ1) is 18.4. The standard InChI is InChI=1S/C23H22N4O3/c1-26-10-5-11-27(23-22(26)24-18-6-3-4-7-19(18)25-23)21(28)12-15-14-30-20-13-16(29-2)8-9-17(15)20/h3-4,6-9,13-14H,5,10-12H2,1-2H3. The molecule has 0 unspecified atom stereocenters. The first-order chi connectivity index (χ1) is 14.6. The summed E-state index contributed by atoms with van der Waals surface area (Å²) in [6, 6.07) is 13.4. The average molecular weight is 402 g/mol. The molecular formula is C23H22N4O3. The number of amides is 1. The van der Waals surface area contributed by atoms with Crippen molar-refractivity contribution in [1.29, 1.82) is 0 Å². The number of methoxy groups -OCH3 is 1. The molecule has 0 atom stereocenters. The Labute approximate surface area is 173 Å². The number of para-hydroxylation sites is 2. The monoisotopic (exact) mass is 402 g/mol. The van der Waals surface area contributed by atoms with Gasteiger partial charge in [0.25, 0.3) is 0 Å². The lowest BCUT2D eigenvalue weighted by molar-refractivity contribution is -0.118. The number of benzene rings is 2. The summed E-state index contributed by atoms with van der Waals surface area (Å²) in [7, 11) is 3.61. The van der Waals surface area contributed by atoms with Gasteiger partial charge in [-0.25, -0.2) is 9.97 Å². The van der Waals surface area contributed by atoms with E-state index in [1.165, 1.54) is 0 Å². The summed E-state index contributed by atoms with van der Waals surface area (Å²) in [6.07, 6.45) is 2.73. The van der Waals surface area contributed by atoms with Crippen molar-refractivity contribution in [2.45, 2.75) is 12.8 Å². The van der Waals surface area contributed by atoms with E-state index in [1.54, 1.807) is 18.3 Å². The van der Waals surface area contributed by atoms with Gasteiger partial charge in [-0.2, -0.15) is 0 Å². The predicted octanol–water partition coefficient (Wildman–Crippen LogP) is 3.80. The van der Waals surface area contributed by atoms with Crippen LogP contribution in [0, 0.1) is 0 Å². The third-order valence-electron chi connectivity index (χ3n) is 5.53. The first-order valence-electron chi connectivity index (χ1n) is 9.96. The predicted molar refractivity (Wildman–Crippen MR) is 116 cm³/mol. The van der Waals surface area contributed by atoms with E-state index < -0.39 is 0 Å². The number of fused-ring (bicyclic) bond motifs is 3. The van der Waals surface area contributed by atoms with Crippen LogP contribution in [0.2, 0.25) is 0 Å². The minimum absolute atomic E-state index is 0.0188. The van der Waals surface area contributed by atoms with Gasteiger partial charge < -0.3 is 14.1 Å². The summed E-state index contributed by atoms with van der Waals surface area (Å²) in [5.41, 5.74) is 3.17. The SMILES string of the molecule is COc1ccc2c(CC(=O)N3CCCN(C)c4nc5ccccc5nc43)coc2c1. The Kier molecular flexibility index (Phi) is 4.50. The van der Waals surface area contributed by atoms with Gasteiger partial charge in [-0.3, -0.25) is 9.69 Å². The molecule has 152 valence electrons. The maximum atomic E-state index is 13.4. The number of nitrogens with zero attached hydrogens (tertiary/aromatic N) is 4. The molecule has 1 aliphatic heterocycles. The van der Waals surface area contributed by atoms with Gasteiger partial charge in [0.1, 0.15) is 11.3 Å². The Bertz CT molecular complexity index is 1250. The topological polar surface area (TPSA) is 71.7 Å².